The number of halogens is 1. The van der Waals surface area contributed by atoms with Crippen molar-refractivity contribution in [1.82, 2.24) is 4.72 Å². The van der Waals surface area contributed by atoms with E-state index in [4.69, 9.17) is 20.8 Å². The summed E-state index contributed by atoms with van der Waals surface area (Å²) in [5.74, 6) is -0.800. The molecule has 0 fully saturated rings. The fraction of sp³-hybridized carbons (Fsp3) is 0.143. The maximum Gasteiger partial charge on any atom is 0.336 e. The standard InChI is InChI=1S/C21H18ClNO6S/c1-14-9-19-17(11-18(14)22)16(10-20(24)29-19)13-28-21(25)12-23-30(26,27)8-7-15-5-3-2-4-6-15/h2-11,23H,12-13H2,1H3/b8-7+. The molecule has 3 aromatic rings. The maximum atomic E-state index is 12.0. The second kappa shape index (κ2) is 9.25. The van der Waals surface area contributed by atoms with Crippen LogP contribution in [-0.2, 0) is 26.2 Å². The number of rotatable bonds is 7. The number of benzene rings is 2. The molecule has 9 heteroatoms. The number of hydrogen-bond acceptors (Lipinski definition) is 6. The molecule has 156 valence electrons. The number of carbonyl (C=O) groups is 1. The normalized spacial score (nSPS) is 11.8. The first-order valence-corrected chi connectivity index (χ1v) is 10.8. The highest BCUT2D eigenvalue weighted by atomic mass is 35.5. The van der Waals surface area contributed by atoms with Crippen molar-refractivity contribution in [1.29, 1.82) is 0 Å². The van der Waals surface area contributed by atoms with E-state index in [1.54, 1.807) is 43.3 Å². The molecule has 3 rings (SSSR count). The van der Waals surface area contributed by atoms with Gasteiger partial charge in [-0.15, -0.1) is 0 Å². The fourth-order valence-corrected chi connectivity index (χ4v) is 3.53. The Kier molecular flexibility index (Phi) is 6.71. The van der Waals surface area contributed by atoms with Gasteiger partial charge in [-0.2, -0.15) is 0 Å². The molecule has 0 saturated carbocycles. The Bertz CT molecular complexity index is 1270. The molecule has 1 heterocycles. The third kappa shape index (κ3) is 5.79. The number of fused-ring (bicyclic) bond motifs is 1. The monoisotopic (exact) mass is 447 g/mol. The molecule has 30 heavy (non-hydrogen) atoms. The molecular weight excluding hydrogens is 430 g/mol. The Morgan fingerprint density at radius 1 is 1.20 bits per heavy atom. The zero-order chi connectivity index (χ0) is 21.7. The summed E-state index contributed by atoms with van der Waals surface area (Å²) in [7, 11) is -3.82. The highest BCUT2D eigenvalue weighted by molar-refractivity contribution is 7.92. The van der Waals surface area contributed by atoms with Crippen molar-refractivity contribution in [2.24, 2.45) is 0 Å². The predicted octanol–water partition coefficient (Wildman–Crippen LogP) is 3.39. The van der Waals surface area contributed by atoms with Crippen LogP contribution in [-0.4, -0.2) is 20.9 Å². The van der Waals surface area contributed by atoms with Gasteiger partial charge in [-0.1, -0.05) is 41.9 Å². The predicted molar refractivity (Wildman–Crippen MR) is 114 cm³/mol. The summed E-state index contributed by atoms with van der Waals surface area (Å²) in [6, 6.07) is 13.3. The first kappa shape index (κ1) is 21.8. The lowest BCUT2D eigenvalue weighted by molar-refractivity contribution is -0.143. The van der Waals surface area contributed by atoms with E-state index in [2.05, 4.69) is 4.72 Å². The summed E-state index contributed by atoms with van der Waals surface area (Å²) < 4.78 is 36.4. The van der Waals surface area contributed by atoms with Crippen LogP contribution in [0.15, 0.2) is 63.2 Å². The van der Waals surface area contributed by atoms with Crippen LogP contribution >= 0.6 is 11.6 Å². The average molecular weight is 448 g/mol. The van der Waals surface area contributed by atoms with E-state index >= 15 is 0 Å². The third-order valence-electron chi connectivity index (χ3n) is 4.15. The number of sulfonamides is 1. The molecular formula is C21H18ClNO6S. The Labute approximate surface area is 178 Å². The van der Waals surface area contributed by atoms with Gasteiger partial charge in [0.25, 0.3) is 0 Å². The van der Waals surface area contributed by atoms with Crippen molar-refractivity contribution < 1.29 is 22.4 Å². The van der Waals surface area contributed by atoms with E-state index in [-0.39, 0.29) is 6.61 Å². The Morgan fingerprint density at radius 3 is 2.67 bits per heavy atom. The molecule has 1 aromatic heterocycles. The molecule has 7 nitrogen and oxygen atoms in total. The molecule has 0 aliphatic carbocycles. The maximum absolute atomic E-state index is 12.0. The first-order valence-electron chi connectivity index (χ1n) is 8.85. The number of carbonyl (C=O) groups excluding carboxylic acids is 1. The van der Waals surface area contributed by atoms with Gasteiger partial charge in [-0.05, 0) is 36.3 Å². The Balaban J connectivity index is 1.63. The summed E-state index contributed by atoms with van der Waals surface area (Å²) in [5.41, 5.74) is 1.57. The summed E-state index contributed by atoms with van der Waals surface area (Å²) in [4.78, 5) is 23.7. The largest absolute Gasteiger partial charge is 0.460 e. The van der Waals surface area contributed by atoms with E-state index in [1.165, 1.54) is 12.1 Å². The van der Waals surface area contributed by atoms with Gasteiger partial charge in [-0.25, -0.2) is 17.9 Å². The van der Waals surface area contributed by atoms with E-state index < -0.39 is 28.2 Å². The van der Waals surface area contributed by atoms with Crippen LogP contribution in [0.2, 0.25) is 5.02 Å². The van der Waals surface area contributed by atoms with Crippen LogP contribution < -0.4 is 10.3 Å². The van der Waals surface area contributed by atoms with E-state index in [0.717, 1.165) is 11.0 Å². The van der Waals surface area contributed by atoms with Gasteiger partial charge < -0.3 is 9.15 Å². The number of ether oxygens (including phenoxy) is 1. The van der Waals surface area contributed by atoms with Crippen molar-refractivity contribution in [2.45, 2.75) is 13.5 Å². The fourth-order valence-electron chi connectivity index (χ4n) is 2.62. The number of nitrogens with one attached hydrogen (secondary N) is 1. The van der Waals surface area contributed by atoms with E-state index in [9.17, 15) is 18.0 Å². The van der Waals surface area contributed by atoms with E-state index in [0.29, 0.717) is 27.1 Å². The summed E-state index contributed by atoms with van der Waals surface area (Å²) >= 11 is 6.13. The number of aryl methyl sites for hydroxylation is 1. The lowest BCUT2D eigenvalue weighted by atomic mass is 10.1. The molecule has 1 N–H and O–H groups in total. The minimum absolute atomic E-state index is 0.234. The minimum atomic E-state index is -3.82. The van der Waals surface area contributed by atoms with Crippen molar-refractivity contribution >= 4 is 44.6 Å². The summed E-state index contributed by atoms with van der Waals surface area (Å²) in [6.07, 6.45) is 1.41. The molecule has 0 radical (unpaired) electrons. The van der Waals surface area contributed by atoms with Crippen LogP contribution in [0.4, 0.5) is 0 Å². The van der Waals surface area contributed by atoms with Crippen LogP contribution in [0.1, 0.15) is 16.7 Å². The third-order valence-corrected chi connectivity index (χ3v) is 5.60. The highest BCUT2D eigenvalue weighted by Crippen LogP contribution is 2.25. The molecule has 0 aliphatic rings. The quantitative estimate of drug-likeness (QED) is 0.440. The molecule has 0 amide bonds. The smallest absolute Gasteiger partial charge is 0.336 e. The Morgan fingerprint density at radius 2 is 1.93 bits per heavy atom. The molecule has 0 atom stereocenters. The number of hydrogen-bond donors (Lipinski definition) is 1. The highest BCUT2D eigenvalue weighted by Gasteiger charge is 2.13. The van der Waals surface area contributed by atoms with E-state index in [1.807, 2.05) is 6.07 Å². The van der Waals surface area contributed by atoms with Gasteiger partial charge >= 0.3 is 11.6 Å². The summed E-state index contributed by atoms with van der Waals surface area (Å²) in [6.45, 7) is 0.982. The van der Waals surface area contributed by atoms with Crippen LogP contribution in [0.25, 0.3) is 17.0 Å². The topological polar surface area (TPSA) is 103 Å². The molecule has 0 bridgehead atoms. The SMILES string of the molecule is Cc1cc2oc(=O)cc(COC(=O)CNS(=O)(=O)/C=C/c3ccccc3)c2cc1Cl. The average Bonchev–Trinajstić information content (AvgIpc) is 2.71. The zero-order valence-electron chi connectivity index (χ0n) is 15.9. The molecule has 0 unspecified atom stereocenters. The van der Waals surface area contributed by atoms with Gasteiger partial charge in [0.2, 0.25) is 10.0 Å². The lowest BCUT2D eigenvalue weighted by Crippen LogP contribution is -2.29. The molecule has 2 aromatic carbocycles. The second-order valence-electron chi connectivity index (χ2n) is 6.43. The van der Waals surface area contributed by atoms with Gasteiger partial charge in [0.1, 0.15) is 18.7 Å². The van der Waals surface area contributed by atoms with Gasteiger partial charge in [-0.3, -0.25) is 4.79 Å². The zero-order valence-corrected chi connectivity index (χ0v) is 17.5. The van der Waals surface area contributed by atoms with Crippen molar-refractivity contribution in [3.63, 3.8) is 0 Å². The van der Waals surface area contributed by atoms with Gasteiger partial charge in [0.05, 0.1) is 0 Å². The molecule has 0 saturated heterocycles. The van der Waals surface area contributed by atoms with Crippen molar-refractivity contribution in [3.05, 3.63) is 86.1 Å². The number of esters is 1. The van der Waals surface area contributed by atoms with Gasteiger partial charge in [0, 0.05) is 27.4 Å². The summed E-state index contributed by atoms with van der Waals surface area (Å²) in [5, 5.41) is 1.97. The van der Waals surface area contributed by atoms with Crippen LogP contribution in [0, 0.1) is 6.92 Å². The van der Waals surface area contributed by atoms with Crippen molar-refractivity contribution in [3.8, 4) is 0 Å². The van der Waals surface area contributed by atoms with Crippen molar-refractivity contribution in [2.75, 3.05) is 6.54 Å². The Hall–Kier alpha value is -2.94. The minimum Gasteiger partial charge on any atom is -0.460 e. The van der Waals surface area contributed by atoms with Crippen LogP contribution in [0.5, 0.6) is 0 Å². The van der Waals surface area contributed by atoms with Gasteiger partial charge in [0.15, 0.2) is 0 Å². The molecule has 0 aliphatic heterocycles. The lowest BCUT2D eigenvalue weighted by Gasteiger charge is -2.09. The second-order valence-corrected chi connectivity index (χ2v) is 8.49. The molecule has 0 spiro atoms. The van der Waals surface area contributed by atoms with Crippen LogP contribution in [0.3, 0.4) is 0 Å². The first-order chi connectivity index (χ1) is 14.2.